The highest BCUT2D eigenvalue weighted by Crippen LogP contribution is 2.30. The lowest BCUT2D eigenvalue weighted by Gasteiger charge is -2.06. The van der Waals surface area contributed by atoms with Crippen LogP contribution in [0.25, 0.3) is 10.9 Å². The maximum atomic E-state index is 11.1. The van der Waals surface area contributed by atoms with E-state index in [0.717, 1.165) is 6.07 Å². The van der Waals surface area contributed by atoms with Crippen LogP contribution in [0, 0.1) is 0 Å². The summed E-state index contributed by atoms with van der Waals surface area (Å²) < 4.78 is 0. The van der Waals surface area contributed by atoms with Gasteiger partial charge < -0.3 is 10.2 Å². The van der Waals surface area contributed by atoms with E-state index in [4.69, 9.17) is 33.4 Å². The van der Waals surface area contributed by atoms with E-state index in [2.05, 4.69) is 4.98 Å². The van der Waals surface area contributed by atoms with Gasteiger partial charge in [0.1, 0.15) is 5.69 Å². The number of fused-ring (bicyclic) bond motifs is 1. The van der Waals surface area contributed by atoms with Crippen LogP contribution in [-0.4, -0.2) is 27.1 Å². The number of rotatable bonds is 2. The third kappa shape index (κ3) is 2.10. The SMILES string of the molecule is O=C(O)c1cc(C(=O)O)c2c(Cl)cc(Cl)cc2n1. The molecule has 18 heavy (non-hydrogen) atoms. The second-order valence-corrected chi connectivity index (χ2v) is 4.29. The molecule has 0 bridgehead atoms. The van der Waals surface area contributed by atoms with Crippen LogP contribution in [0.2, 0.25) is 10.0 Å². The molecule has 0 aliphatic heterocycles. The van der Waals surface area contributed by atoms with Gasteiger partial charge in [0.15, 0.2) is 0 Å². The Kier molecular flexibility index (Phi) is 3.11. The Hall–Kier alpha value is -1.85. The van der Waals surface area contributed by atoms with Crippen molar-refractivity contribution in [1.82, 2.24) is 4.98 Å². The van der Waals surface area contributed by atoms with Gasteiger partial charge in [-0.15, -0.1) is 0 Å². The Morgan fingerprint density at radius 1 is 1.06 bits per heavy atom. The van der Waals surface area contributed by atoms with Crippen LogP contribution in [0.15, 0.2) is 18.2 Å². The van der Waals surface area contributed by atoms with E-state index in [9.17, 15) is 9.59 Å². The zero-order chi connectivity index (χ0) is 13.4. The Morgan fingerprint density at radius 3 is 2.28 bits per heavy atom. The van der Waals surface area contributed by atoms with Crippen molar-refractivity contribution >= 4 is 46.0 Å². The molecule has 1 aromatic carbocycles. The van der Waals surface area contributed by atoms with Crippen molar-refractivity contribution in [3.8, 4) is 0 Å². The number of benzene rings is 1. The number of aromatic nitrogens is 1. The van der Waals surface area contributed by atoms with Crippen LogP contribution in [0.3, 0.4) is 0 Å². The van der Waals surface area contributed by atoms with E-state index >= 15 is 0 Å². The second kappa shape index (κ2) is 4.44. The predicted octanol–water partition coefficient (Wildman–Crippen LogP) is 2.94. The topological polar surface area (TPSA) is 87.5 Å². The fourth-order valence-electron chi connectivity index (χ4n) is 1.56. The molecule has 2 N–H and O–H groups in total. The monoisotopic (exact) mass is 285 g/mol. The number of halogens is 2. The van der Waals surface area contributed by atoms with Gasteiger partial charge >= 0.3 is 11.9 Å². The van der Waals surface area contributed by atoms with Crippen molar-refractivity contribution in [1.29, 1.82) is 0 Å². The van der Waals surface area contributed by atoms with Crippen LogP contribution in [-0.2, 0) is 0 Å². The Morgan fingerprint density at radius 2 is 1.72 bits per heavy atom. The summed E-state index contributed by atoms with van der Waals surface area (Å²) in [4.78, 5) is 25.8. The normalized spacial score (nSPS) is 10.6. The molecule has 0 saturated heterocycles. The third-order valence-electron chi connectivity index (χ3n) is 2.28. The second-order valence-electron chi connectivity index (χ2n) is 3.45. The predicted molar refractivity (Wildman–Crippen MR) is 65.7 cm³/mol. The van der Waals surface area contributed by atoms with Gasteiger partial charge in [0, 0.05) is 10.4 Å². The highest BCUT2D eigenvalue weighted by Gasteiger charge is 2.18. The Bertz CT molecular complexity index is 684. The van der Waals surface area contributed by atoms with E-state index in [1.165, 1.54) is 12.1 Å². The molecule has 0 saturated carbocycles. The zero-order valence-corrected chi connectivity index (χ0v) is 10.2. The van der Waals surface area contributed by atoms with E-state index in [1.807, 2.05) is 0 Å². The van der Waals surface area contributed by atoms with Gasteiger partial charge in [-0.3, -0.25) is 0 Å². The van der Waals surface area contributed by atoms with Crippen molar-refractivity contribution in [2.24, 2.45) is 0 Å². The van der Waals surface area contributed by atoms with Gasteiger partial charge in [0.05, 0.1) is 16.1 Å². The molecule has 2 rings (SSSR count). The summed E-state index contributed by atoms with van der Waals surface area (Å²) in [6.07, 6.45) is 0. The molecule has 0 spiro atoms. The molecule has 0 aliphatic carbocycles. The summed E-state index contributed by atoms with van der Waals surface area (Å²) in [5.74, 6) is -2.61. The zero-order valence-electron chi connectivity index (χ0n) is 8.65. The Labute approximate surface area is 111 Å². The number of hydrogen-bond acceptors (Lipinski definition) is 3. The number of carboxylic acids is 2. The van der Waals surface area contributed by atoms with Gasteiger partial charge in [-0.1, -0.05) is 23.2 Å². The number of nitrogens with zero attached hydrogens (tertiary/aromatic N) is 1. The molecule has 1 heterocycles. The number of carboxylic acid groups (broad SMARTS) is 2. The molecule has 0 aliphatic rings. The van der Waals surface area contributed by atoms with Crippen molar-refractivity contribution in [2.75, 3.05) is 0 Å². The molecule has 7 heteroatoms. The number of pyridine rings is 1. The summed E-state index contributed by atoms with van der Waals surface area (Å²) in [5, 5.41) is 18.5. The smallest absolute Gasteiger partial charge is 0.354 e. The van der Waals surface area contributed by atoms with Crippen LogP contribution < -0.4 is 0 Å². The first kappa shape index (κ1) is 12.6. The minimum Gasteiger partial charge on any atom is -0.478 e. The molecule has 0 unspecified atom stereocenters. The summed E-state index contributed by atoms with van der Waals surface area (Å²) in [6.45, 7) is 0. The Balaban J connectivity index is 2.94. The van der Waals surface area contributed by atoms with Gasteiger partial charge in [-0.25, -0.2) is 14.6 Å². The van der Waals surface area contributed by atoms with Gasteiger partial charge in [0.2, 0.25) is 0 Å². The summed E-state index contributed by atoms with van der Waals surface area (Å²) in [5.41, 5.74) is -0.470. The summed E-state index contributed by atoms with van der Waals surface area (Å²) in [6, 6.07) is 3.70. The lowest BCUT2D eigenvalue weighted by Crippen LogP contribution is -2.06. The first-order chi connectivity index (χ1) is 8.40. The quantitative estimate of drug-likeness (QED) is 0.886. The van der Waals surface area contributed by atoms with Crippen molar-refractivity contribution in [3.05, 3.63) is 39.5 Å². The van der Waals surface area contributed by atoms with Crippen LogP contribution in [0.1, 0.15) is 20.8 Å². The fourth-order valence-corrected chi connectivity index (χ4v) is 2.15. The fraction of sp³-hybridized carbons (Fsp3) is 0. The minimum absolute atomic E-state index is 0.110. The third-order valence-corrected chi connectivity index (χ3v) is 2.79. The largest absolute Gasteiger partial charge is 0.478 e. The molecule has 92 valence electrons. The number of hydrogen-bond donors (Lipinski definition) is 2. The first-order valence-corrected chi connectivity index (χ1v) is 5.42. The van der Waals surface area contributed by atoms with Crippen LogP contribution in [0.5, 0.6) is 0 Å². The van der Waals surface area contributed by atoms with Crippen LogP contribution in [0.4, 0.5) is 0 Å². The molecular formula is C11H5Cl2NO4. The molecule has 1 aromatic heterocycles. The van der Waals surface area contributed by atoms with Gasteiger partial charge in [-0.05, 0) is 18.2 Å². The summed E-state index contributed by atoms with van der Waals surface area (Å²) >= 11 is 11.7. The minimum atomic E-state index is -1.32. The average molecular weight is 286 g/mol. The van der Waals surface area contributed by atoms with Gasteiger partial charge in [0.25, 0.3) is 0 Å². The number of carbonyl (C=O) groups is 2. The standard InChI is InChI=1S/C11H5Cl2NO4/c12-4-1-6(13)9-5(10(15)16)3-8(11(17)18)14-7(9)2-4/h1-3H,(H,15,16)(H,17,18). The van der Waals surface area contributed by atoms with Crippen molar-refractivity contribution in [2.45, 2.75) is 0 Å². The van der Waals surface area contributed by atoms with Crippen molar-refractivity contribution < 1.29 is 19.8 Å². The molecular weight excluding hydrogens is 281 g/mol. The van der Waals surface area contributed by atoms with E-state index in [1.54, 1.807) is 0 Å². The van der Waals surface area contributed by atoms with Gasteiger partial charge in [-0.2, -0.15) is 0 Å². The molecule has 0 radical (unpaired) electrons. The maximum absolute atomic E-state index is 11.1. The van der Waals surface area contributed by atoms with E-state index in [0.29, 0.717) is 0 Å². The lowest BCUT2D eigenvalue weighted by atomic mass is 10.1. The maximum Gasteiger partial charge on any atom is 0.354 e. The molecule has 5 nitrogen and oxygen atoms in total. The molecule has 0 amide bonds. The highest BCUT2D eigenvalue weighted by molar-refractivity contribution is 6.39. The van der Waals surface area contributed by atoms with E-state index < -0.39 is 11.9 Å². The molecule has 0 atom stereocenters. The lowest BCUT2D eigenvalue weighted by molar-refractivity contribution is 0.0691. The number of aromatic carboxylic acids is 2. The average Bonchev–Trinajstić information content (AvgIpc) is 2.26. The highest BCUT2D eigenvalue weighted by atomic mass is 35.5. The first-order valence-electron chi connectivity index (χ1n) is 4.66. The molecule has 0 fully saturated rings. The van der Waals surface area contributed by atoms with Crippen LogP contribution >= 0.6 is 23.2 Å². The summed E-state index contributed by atoms with van der Waals surface area (Å²) in [7, 11) is 0. The molecule has 2 aromatic rings. The van der Waals surface area contributed by atoms with Crippen molar-refractivity contribution in [3.63, 3.8) is 0 Å². The van der Waals surface area contributed by atoms with E-state index in [-0.39, 0.29) is 32.2 Å².